The van der Waals surface area contributed by atoms with Gasteiger partial charge in [0.25, 0.3) is 5.56 Å². The van der Waals surface area contributed by atoms with E-state index in [4.69, 9.17) is 0 Å². The van der Waals surface area contributed by atoms with Crippen molar-refractivity contribution in [2.75, 3.05) is 11.9 Å². The van der Waals surface area contributed by atoms with Gasteiger partial charge in [-0.2, -0.15) is 5.10 Å². The van der Waals surface area contributed by atoms with Crippen molar-refractivity contribution in [1.29, 1.82) is 0 Å². The molecule has 5 heteroatoms. The summed E-state index contributed by atoms with van der Waals surface area (Å²) in [6.45, 7) is 5.63. The predicted molar refractivity (Wildman–Crippen MR) is 75.2 cm³/mol. The maximum atomic E-state index is 11.9. The predicted octanol–water partition coefficient (Wildman–Crippen LogP) is 2.42. The number of nitrogens with zero attached hydrogens (tertiary/aromatic N) is 2. The second-order valence-electron chi connectivity index (χ2n) is 4.59. The van der Waals surface area contributed by atoms with Crippen LogP contribution in [0.1, 0.15) is 18.7 Å². The van der Waals surface area contributed by atoms with E-state index in [1.807, 2.05) is 17.5 Å². The summed E-state index contributed by atoms with van der Waals surface area (Å²) in [6.07, 6.45) is 1.71. The molecule has 0 aliphatic heterocycles. The van der Waals surface area contributed by atoms with Crippen molar-refractivity contribution in [2.24, 2.45) is 5.92 Å². The topological polar surface area (TPSA) is 46.9 Å². The van der Waals surface area contributed by atoms with E-state index in [-0.39, 0.29) is 5.56 Å². The highest BCUT2D eigenvalue weighted by Crippen LogP contribution is 2.09. The van der Waals surface area contributed by atoms with Gasteiger partial charge in [-0.3, -0.25) is 4.79 Å². The van der Waals surface area contributed by atoms with E-state index in [0.717, 1.165) is 17.1 Å². The molecule has 0 aromatic carbocycles. The molecule has 0 saturated heterocycles. The normalized spacial score (nSPS) is 10.8. The lowest BCUT2D eigenvalue weighted by Gasteiger charge is -2.09. The molecular weight excluding hydrogens is 246 g/mol. The molecule has 0 atom stereocenters. The molecule has 1 N–H and O–H groups in total. The first-order chi connectivity index (χ1) is 8.65. The Morgan fingerprint density at radius 3 is 2.94 bits per heavy atom. The highest BCUT2D eigenvalue weighted by Gasteiger charge is 2.02. The lowest BCUT2D eigenvalue weighted by molar-refractivity contribution is 0.643. The molecule has 0 fully saturated rings. The summed E-state index contributed by atoms with van der Waals surface area (Å²) in [5.41, 5.74) is 0.716. The SMILES string of the molecule is CC(C)CNc1cnn(Cc2cccs2)c(=O)c1. The fourth-order valence-electron chi connectivity index (χ4n) is 1.52. The van der Waals surface area contributed by atoms with E-state index in [1.165, 1.54) is 4.68 Å². The van der Waals surface area contributed by atoms with Gasteiger partial charge in [-0.15, -0.1) is 11.3 Å². The minimum atomic E-state index is -0.0721. The van der Waals surface area contributed by atoms with Crippen LogP contribution in [-0.2, 0) is 6.54 Å². The monoisotopic (exact) mass is 263 g/mol. The van der Waals surface area contributed by atoms with E-state index in [9.17, 15) is 4.79 Å². The lowest BCUT2D eigenvalue weighted by Crippen LogP contribution is -2.23. The third-order valence-electron chi connectivity index (χ3n) is 2.47. The quantitative estimate of drug-likeness (QED) is 0.901. The number of hydrogen-bond donors (Lipinski definition) is 1. The number of aromatic nitrogens is 2. The fraction of sp³-hybridized carbons (Fsp3) is 0.385. The minimum Gasteiger partial charge on any atom is -0.383 e. The third kappa shape index (κ3) is 3.43. The van der Waals surface area contributed by atoms with Gasteiger partial charge in [0.05, 0.1) is 18.4 Å². The van der Waals surface area contributed by atoms with Gasteiger partial charge in [-0.05, 0) is 17.4 Å². The molecule has 2 aromatic rings. The van der Waals surface area contributed by atoms with E-state index < -0.39 is 0 Å². The highest BCUT2D eigenvalue weighted by molar-refractivity contribution is 7.09. The van der Waals surface area contributed by atoms with Crippen LogP contribution in [0.4, 0.5) is 5.69 Å². The van der Waals surface area contributed by atoms with Crippen LogP contribution < -0.4 is 10.9 Å². The molecule has 96 valence electrons. The molecule has 4 nitrogen and oxygen atoms in total. The van der Waals surface area contributed by atoms with Crippen LogP contribution in [0, 0.1) is 5.92 Å². The maximum Gasteiger partial charge on any atom is 0.269 e. The Labute approximate surface area is 110 Å². The zero-order valence-electron chi connectivity index (χ0n) is 10.6. The van der Waals surface area contributed by atoms with Crippen molar-refractivity contribution >= 4 is 17.0 Å². The second kappa shape index (κ2) is 5.82. The first-order valence-electron chi connectivity index (χ1n) is 5.98. The van der Waals surface area contributed by atoms with Crippen molar-refractivity contribution in [3.05, 3.63) is 45.0 Å². The number of rotatable bonds is 5. The summed E-state index contributed by atoms with van der Waals surface area (Å²) < 4.78 is 1.48. The molecule has 0 bridgehead atoms. The molecule has 0 aliphatic rings. The average molecular weight is 263 g/mol. The number of thiophene rings is 1. The molecule has 0 unspecified atom stereocenters. The van der Waals surface area contributed by atoms with Crippen LogP contribution in [0.25, 0.3) is 0 Å². The number of hydrogen-bond acceptors (Lipinski definition) is 4. The van der Waals surface area contributed by atoms with E-state index >= 15 is 0 Å². The summed E-state index contributed by atoms with van der Waals surface area (Å²) in [4.78, 5) is 13.0. The van der Waals surface area contributed by atoms with Crippen molar-refractivity contribution < 1.29 is 0 Å². The zero-order chi connectivity index (χ0) is 13.0. The van der Waals surface area contributed by atoms with Crippen LogP contribution in [0.3, 0.4) is 0 Å². The fourth-order valence-corrected chi connectivity index (χ4v) is 2.21. The van der Waals surface area contributed by atoms with Gasteiger partial charge in [-0.1, -0.05) is 19.9 Å². The Morgan fingerprint density at radius 1 is 1.50 bits per heavy atom. The summed E-state index contributed by atoms with van der Waals surface area (Å²) >= 11 is 1.63. The van der Waals surface area contributed by atoms with Crippen LogP contribution in [0.2, 0.25) is 0 Å². The Bertz CT molecular complexity index is 546. The van der Waals surface area contributed by atoms with Gasteiger partial charge in [0.2, 0.25) is 0 Å². The largest absolute Gasteiger partial charge is 0.383 e. The molecule has 2 rings (SSSR count). The van der Waals surface area contributed by atoms with Crippen LogP contribution in [-0.4, -0.2) is 16.3 Å². The van der Waals surface area contributed by atoms with E-state index in [2.05, 4.69) is 24.3 Å². The van der Waals surface area contributed by atoms with Crippen LogP contribution in [0.15, 0.2) is 34.6 Å². The summed E-state index contributed by atoms with van der Waals surface area (Å²) in [7, 11) is 0. The number of nitrogens with one attached hydrogen (secondary N) is 1. The average Bonchev–Trinajstić information content (AvgIpc) is 2.82. The van der Waals surface area contributed by atoms with Gasteiger partial charge in [0, 0.05) is 17.5 Å². The Balaban J connectivity index is 2.08. The first kappa shape index (κ1) is 12.8. The molecule has 0 aliphatic carbocycles. The van der Waals surface area contributed by atoms with Crippen molar-refractivity contribution in [2.45, 2.75) is 20.4 Å². The van der Waals surface area contributed by atoms with Crippen molar-refractivity contribution in [3.8, 4) is 0 Å². The van der Waals surface area contributed by atoms with Gasteiger partial charge in [-0.25, -0.2) is 4.68 Å². The molecule has 18 heavy (non-hydrogen) atoms. The van der Waals surface area contributed by atoms with Gasteiger partial charge in [0.1, 0.15) is 0 Å². The van der Waals surface area contributed by atoms with E-state index in [0.29, 0.717) is 12.5 Å². The standard InChI is InChI=1S/C13H17N3OS/c1-10(2)7-14-11-6-13(17)16(15-8-11)9-12-4-3-5-18-12/h3-6,8,10,14H,7,9H2,1-2H3. The maximum absolute atomic E-state index is 11.9. The smallest absolute Gasteiger partial charge is 0.269 e. The zero-order valence-corrected chi connectivity index (χ0v) is 11.4. The number of anilines is 1. The molecule has 0 radical (unpaired) electrons. The molecule has 2 aromatic heterocycles. The van der Waals surface area contributed by atoms with Crippen LogP contribution >= 0.6 is 11.3 Å². The summed E-state index contributed by atoms with van der Waals surface area (Å²) in [5.74, 6) is 0.540. The second-order valence-corrected chi connectivity index (χ2v) is 5.63. The lowest BCUT2D eigenvalue weighted by atomic mass is 10.2. The minimum absolute atomic E-state index is 0.0721. The highest BCUT2D eigenvalue weighted by atomic mass is 32.1. The van der Waals surface area contributed by atoms with E-state index in [1.54, 1.807) is 23.6 Å². The van der Waals surface area contributed by atoms with Gasteiger partial charge < -0.3 is 5.32 Å². The van der Waals surface area contributed by atoms with Gasteiger partial charge in [0.15, 0.2) is 0 Å². The summed E-state index contributed by atoms with van der Waals surface area (Å²) in [5, 5.41) is 9.38. The van der Waals surface area contributed by atoms with Crippen molar-refractivity contribution in [3.63, 3.8) is 0 Å². The molecular formula is C13H17N3OS. The van der Waals surface area contributed by atoms with Crippen LogP contribution in [0.5, 0.6) is 0 Å². The summed E-state index contributed by atoms with van der Waals surface area (Å²) in [6, 6.07) is 5.58. The molecule has 0 amide bonds. The Morgan fingerprint density at radius 2 is 2.33 bits per heavy atom. The van der Waals surface area contributed by atoms with Gasteiger partial charge >= 0.3 is 0 Å². The molecule has 0 spiro atoms. The Kier molecular flexibility index (Phi) is 4.15. The molecule has 0 saturated carbocycles. The van der Waals surface area contributed by atoms with Crippen molar-refractivity contribution in [1.82, 2.24) is 9.78 Å². The third-order valence-corrected chi connectivity index (χ3v) is 3.33. The Hall–Kier alpha value is -1.62. The molecule has 2 heterocycles. The first-order valence-corrected chi connectivity index (χ1v) is 6.86.